The van der Waals surface area contributed by atoms with Crippen LogP contribution < -0.4 is 5.32 Å². The molecule has 0 radical (unpaired) electrons. The van der Waals surface area contributed by atoms with E-state index in [9.17, 15) is 9.59 Å². The molecular formula is C13H23N5O3. The monoisotopic (exact) mass is 297 g/mol. The Hall–Kier alpha value is -1.99. The predicted octanol–water partition coefficient (Wildman–Crippen LogP) is 0.430. The Bertz CT molecular complexity index is 478. The van der Waals surface area contributed by atoms with Gasteiger partial charge in [0, 0.05) is 18.4 Å². The maximum atomic E-state index is 11.8. The largest absolute Gasteiger partial charge is 0.466 e. The van der Waals surface area contributed by atoms with Crippen LogP contribution in [0.15, 0.2) is 0 Å². The fourth-order valence-corrected chi connectivity index (χ4v) is 1.73. The van der Waals surface area contributed by atoms with Crippen LogP contribution in [0.4, 0.5) is 0 Å². The van der Waals surface area contributed by atoms with Gasteiger partial charge < -0.3 is 10.1 Å². The standard InChI is InChI=1S/C13H23N5O3/c1-5-21-11(20)7-6-8-14-10(19)9-18-12(13(2,3)4)15-16-17-18/h5-9H2,1-4H3,(H,14,19). The highest BCUT2D eigenvalue weighted by molar-refractivity contribution is 5.75. The summed E-state index contributed by atoms with van der Waals surface area (Å²) in [4.78, 5) is 22.9. The van der Waals surface area contributed by atoms with Crippen LogP contribution in [0, 0.1) is 0 Å². The minimum atomic E-state index is -0.248. The van der Waals surface area contributed by atoms with Crippen LogP contribution >= 0.6 is 0 Å². The zero-order chi connectivity index (χ0) is 15.9. The third-order valence-corrected chi connectivity index (χ3v) is 2.68. The first-order valence-electron chi connectivity index (χ1n) is 7.03. The van der Waals surface area contributed by atoms with E-state index >= 15 is 0 Å². The highest BCUT2D eigenvalue weighted by atomic mass is 16.5. The van der Waals surface area contributed by atoms with E-state index in [0.717, 1.165) is 0 Å². The fourth-order valence-electron chi connectivity index (χ4n) is 1.73. The Morgan fingerprint density at radius 1 is 1.33 bits per heavy atom. The van der Waals surface area contributed by atoms with Crippen LogP contribution in [0.25, 0.3) is 0 Å². The lowest BCUT2D eigenvalue weighted by molar-refractivity contribution is -0.143. The lowest BCUT2D eigenvalue weighted by atomic mass is 9.96. The molecule has 0 aromatic carbocycles. The summed E-state index contributed by atoms with van der Waals surface area (Å²) in [6.45, 7) is 8.56. The smallest absolute Gasteiger partial charge is 0.305 e. The molecule has 0 saturated carbocycles. The number of carbonyl (C=O) groups excluding carboxylic acids is 2. The van der Waals surface area contributed by atoms with Crippen LogP contribution in [-0.4, -0.2) is 45.2 Å². The summed E-state index contributed by atoms with van der Waals surface area (Å²) in [6, 6.07) is 0. The average Bonchev–Trinajstić information content (AvgIpc) is 2.83. The van der Waals surface area contributed by atoms with Crippen LogP contribution in [0.5, 0.6) is 0 Å². The fraction of sp³-hybridized carbons (Fsp3) is 0.769. The molecule has 0 aliphatic rings. The third-order valence-electron chi connectivity index (χ3n) is 2.68. The maximum absolute atomic E-state index is 11.8. The first kappa shape index (κ1) is 17.1. The molecule has 8 nitrogen and oxygen atoms in total. The van der Waals surface area contributed by atoms with E-state index in [-0.39, 0.29) is 23.8 Å². The van der Waals surface area contributed by atoms with E-state index in [1.807, 2.05) is 20.8 Å². The van der Waals surface area contributed by atoms with Gasteiger partial charge in [0.25, 0.3) is 0 Å². The number of carbonyl (C=O) groups is 2. The van der Waals surface area contributed by atoms with Gasteiger partial charge in [-0.15, -0.1) is 5.10 Å². The Morgan fingerprint density at radius 3 is 2.67 bits per heavy atom. The maximum Gasteiger partial charge on any atom is 0.305 e. The van der Waals surface area contributed by atoms with Crippen LogP contribution in [0.2, 0.25) is 0 Å². The molecule has 118 valence electrons. The lowest BCUT2D eigenvalue weighted by Gasteiger charge is -2.16. The molecule has 1 aromatic rings. The zero-order valence-corrected chi connectivity index (χ0v) is 13.0. The molecule has 0 aliphatic heterocycles. The van der Waals surface area contributed by atoms with Crippen molar-refractivity contribution in [2.45, 2.75) is 52.5 Å². The van der Waals surface area contributed by atoms with E-state index in [4.69, 9.17) is 4.74 Å². The second kappa shape index (κ2) is 7.70. The van der Waals surface area contributed by atoms with E-state index in [1.54, 1.807) is 6.92 Å². The molecule has 1 amide bonds. The third kappa shape index (κ3) is 5.88. The molecule has 0 bridgehead atoms. The Balaban J connectivity index is 2.35. The lowest BCUT2D eigenvalue weighted by Crippen LogP contribution is -2.31. The molecule has 1 rings (SSSR count). The topological polar surface area (TPSA) is 99.0 Å². The van der Waals surface area contributed by atoms with Crippen molar-refractivity contribution in [1.82, 2.24) is 25.5 Å². The van der Waals surface area contributed by atoms with Crippen LogP contribution in [0.3, 0.4) is 0 Å². The summed E-state index contributed by atoms with van der Waals surface area (Å²) in [5.41, 5.74) is -0.228. The minimum absolute atomic E-state index is 0.0685. The molecular weight excluding hydrogens is 274 g/mol. The number of ether oxygens (including phenoxy) is 1. The highest BCUT2D eigenvalue weighted by Gasteiger charge is 2.22. The second-order valence-electron chi connectivity index (χ2n) is 5.67. The molecule has 0 atom stereocenters. The number of nitrogens with zero attached hydrogens (tertiary/aromatic N) is 4. The number of amides is 1. The van der Waals surface area contributed by atoms with Crippen molar-refractivity contribution >= 4 is 11.9 Å². The Kier molecular flexibility index (Phi) is 6.26. The van der Waals surface area contributed by atoms with Crippen molar-refractivity contribution in [3.8, 4) is 0 Å². The summed E-state index contributed by atoms with van der Waals surface area (Å²) in [6.07, 6.45) is 0.846. The first-order valence-corrected chi connectivity index (χ1v) is 7.03. The summed E-state index contributed by atoms with van der Waals surface area (Å²) in [5.74, 6) is 0.225. The van der Waals surface area contributed by atoms with Gasteiger partial charge in [0.2, 0.25) is 5.91 Å². The molecule has 1 heterocycles. The van der Waals surface area contributed by atoms with Crippen molar-refractivity contribution < 1.29 is 14.3 Å². The van der Waals surface area contributed by atoms with Crippen LogP contribution in [0.1, 0.15) is 46.4 Å². The number of nitrogens with one attached hydrogen (secondary N) is 1. The number of hydrogen-bond acceptors (Lipinski definition) is 6. The predicted molar refractivity (Wildman–Crippen MR) is 75.4 cm³/mol. The average molecular weight is 297 g/mol. The first-order chi connectivity index (χ1) is 9.84. The number of esters is 1. The summed E-state index contributed by atoms with van der Waals surface area (Å²) in [7, 11) is 0. The normalized spacial score (nSPS) is 11.2. The minimum Gasteiger partial charge on any atom is -0.466 e. The molecule has 1 aromatic heterocycles. The molecule has 1 N–H and O–H groups in total. The summed E-state index contributed by atoms with van der Waals surface area (Å²) in [5, 5.41) is 14.1. The summed E-state index contributed by atoms with van der Waals surface area (Å²) < 4.78 is 6.29. The molecule has 0 fully saturated rings. The van der Waals surface area contributed by atoms with E-state index in [1.165, 1.54) is 4.68 Å². The Morgan fingerprint density at radius 2 is 2.05 bits per heavy atom. The Labute approximate surface area is 124 Å². The van der Waals surface area contributed by atoms with Crippen LogP contribution in [-0.2, 0) is 26.3 Å². The second-order valence-corrected chi connectivity index (χ2v) is 5.67. The van der Waals surface area contributed by atoms with E-state index in [2.05, 4.69) is 20.8 Å². The van der Waals surface area contributed by atoms with Crippen molar-refractivity contribution in [3.05, 3.63) is 5.82 Å². The molecule has 0 unspecified atom stereocenters. The molecule has 21 heavy (non-hydrogen) atoms. The zero-order valence-electron chi connectivity index (χ0n) is 13.0. The van der Waals surface area contributed by atoms with Crippen molar-refractivity contribution in [1.29, 1.82) is 0 Å². The highest BCUT2D eigenvalue weighted by Crippen LogP contribution is 2.18. The van der Waals surface area contributed by atoms with Gasteiger partial charge in [-0.05, 0) is 23.8 Å². The van der Waals surface area contributed by atoms with Gasteiger partial charge in [0.15, 0.2) is 5.82 Å². The van der Waals surface area contributed by atoms with Crippen molar-refractivity contribution in [2.75, 3.05) is 13.2 Å². The van der Waals surface area contributed by atoms with Gasteiger partial charge in [-0.3, -0.25) is 9.59 Å². The quantitative estimate of drug-likeness (QED) is 0.579. The van der Waals surface area contributed by atoms with Gasteiger partial charge >= 0.3 is 5.97 Å². The van der Waals surface area contributed by atoms with Gasteiger partial charge in [-0.25, -0.2) is 4.68 Å². The molecule has 0 aliphatic carbocycles. The molecule has 0 spiro atoms. The van der Waals surface area contributed by atoms with Gasteiger partial charge in [-0.1, -0.05) is 20.8 Å². The summed E-state index contributed by atoms with van der Waals surface area (Å²) >= 11 is 0. The van der Waals surface area contributed by atoms with Gasteiger partial charge in [0.05, 0.1) is 6.61 Å². The molecule has 0 saturated heterocycles. The number of hydrogen-bond donors (Lipinski definition) is 1. The number of aromatic nitrogens is 4. The van der Waals surface area contributed by atoms with E-state index < -0.39 is 0 Å². The number of rotatable bonds is 7. The van der Waals surface area contributed by atoms with Gasteiger partial charge in [-0.2, -0.15) is 0 Å². The van der Waals surface area contributed by atoms with E-state index in [0.29, 0.717) is 31.8 Å². The molecule has 8 heteroatoms. The SMILES string of the molecule is CCOC(=O)CCCNC(=O)Cn1nnnc1C(C)(C)C. The van der Waals surface area contributed by atoms with Gasteiger partial charge in [0.1, 0.15) is 6.54 Å². The van der Waals surface area contributed by atoms with Crippen molar-refractivity contribution in [3.63, 3.8) is 0 Å². The number of tetrazole rings is 1. The van der Waals surface area contributed by atoms with Crippen molar-refractivity contribution in [2.24, 2.45) is 0 Å².